The average molecular weight is 216 g/mol. The van der Waals surface area contributed by atoms with E-state index in [0.29, 0.717) is 0 Å². The minimum Gasteiger partial charge on any atom is -0.323 e. The molecule has 1 aromatic rings. The van der Waals surface area contributed by atoms with Gasteiger partial charge in [0.25, 0.3) is 0 Å². The highest BCUT2D eigenvalue weighted by atomic mass is 35.5. The van der Waals surface area contributed by atoms with Gasteiger partial charge in [0, 0.05) is 6.04 Å². The second-order valence-electron chi connectivity index (χ2n) is 2.51. The van der Waals surface area contributed by atoms with Crippen molar-refractivity contribution < 1.29 is 0 Å². The van der Waals surface area contributed by atoms with Crippen molar-refractivity contribution >= 4 is 23.2 Å². The maximum atomic E-state index is 8.42. The van der Waals surface area contributed by atoms with Crippen LogP contribution in [0.25, 0.3) is 0 Å². The summed E-state index contributed by atoms with van der Waals surface area (Å²) in [6.07, 6.45) is 0.233. The molecule has 0 spiro atoms. The fourth-order valence-corrected chi connectivity index (χ4v) is 1.39. The van der Waals surface area contributed by atoms with Gasteiger partial charge in [-0.05, 0) is 17.7 Å². The lowest BCUT2D eigenvalue weighted by Crippen LogP contribution is -2.09. The normalized spacial score (nSPS) is 12.2. The Morgan fingerprint density at radius 3 is 2.46 bits per heavy atom. The molecule has 13 heavy (non-hydrogen) atoms. The number of hydrogen-bond donors (Lipinski definition) is 1. The third-order valence-corrected chi connectivity index (χ3v) is 1.91. The first-order valence-electron chi connectivity index (χ1n) is 3.59. The number of aromatic nitrogens is 1. The van der Waals surface area contributed by atoms with Crippen LogP contribution >= 0.6 is 23.2 Å². The predicted molar refractivity (Wildman–Crippen MR) is 51.4 cm³/mol. The van der Waals surface area contributed by atoms with E-state index in [4.69, 9.17) is 34.2 Å². The zero-order chi connectivity index (χ0) is 9.84. The van der Waals surface area contributed by atoms with E-state index in [0.717, 1.165) is 5.56 Å². The Kier molecular flexibility index (Phi) is 3.49. The zero-order valence-corrected chi connectivity index (χ0v) is 8.18. The molecule has 0 saturated carbocycles. The second-order valence-corrected chi connectivity index (χ2v) is 3.29. The van der Waals surface area contributed by atoms with Gasteiger partial charge in [0.15, 0.2) is 0 Å². The maximum absolute atomic E-state index is 8.42. The van der Waals surface area contributed by atoms with Crippen LogP contribution in [0.4, 0.5) is 0 Å². The highest BCUT2D eigenvalue weighted by molar-refractivity contribution is 6.32. The van der Waals surface area contributed by atoms with Crippen LogP contribution < -0.4 is 5.73 Å². The fourth-order valence-electron chi connectivity index (χ4n) is 0.914. The molecule has 0 aliphatic heterocycles. The van der Waals surface area contributed by atoms with Gasteiger partial charge in [-0.2, -0.15) is 5.26 Å². The lowest BCUT2D eigenvalue weighted by molar-refractivity contribution is 0.747. The van der Waals surface area contributed by atoms with Crippen molar-refractivity contribution in [3.63, 3.8) is 0 Å². The summed E-state index contributed by atoms with van der Waals surface area (Å²) in [5.74, 6) is 0. The molecule has 0 unspecified atom stereocenters. The number of nitrogens with two attached hydrogens (primary N) is 1. The van der Waals surface area contributed by atoms with Crippen LogP contribution in [0.5, 0.6) is 0 Å². The largest absolute Gasteiger partial charge is 0.323 e. The molecular weight excluding hydrogens is 209 g/mol. The number of halogens is 2. The van der Waals surface area contributed by atoms with E-state index < -0.39 is 0 Å². The van der Waals surface area contributed by atoms with Crippen LogP contribution in [0.2, 0.25) is 10.3 Å². The molecule has 0 amide bonds. The lowest BCUT2D eigenvalue weighted by atomic mass is 10.1. The number of nitrogens with zero attached hydrogens (tertiary/aromatic N) is 2. The Morgan fingerprint density at radius 2 is 2.00 bits per heavy atom. The van der Waals surface area contributed by atoms with Crippen molar-refractivity contribution in [2.75, 3.05) is 0 Å². The summed E-state index contributed by atoms with van der Waals surface area (Å²) in [5, 5.41) is 9.00. The first kappa shape index (κ1) is 10.3. The molecule has 2 N–H and O–H groups in total. The van der Waals surface area contributed by atoms with Crippen molar-refractivity contribution in [3.05, 3.63) is 28.0 Å². The molecule has 0 aliphatic carbocycles. The standard InChI is InChI=1S/C8H7Cl2N3/c9-7-3-5(4-8(10)13-7)6(12)1-2-11/h3-4,6H,1,12H2/t6-/m1/s1. The quantitative estimate of drug-likeness (QED) is 0.771. The molecule has 1 atom stereocenters. The summed E-state index contributed by atoms with van der Waals surface area (Å²) in [7, 11) is 0. The summed E-state index contributed by atoms with van der Waals surface area (Å²) < 4.78 is 0. The Bertz CT molecular complexity index is 325. The molecule has 0 bridgehead atoms. The molecular formula is C8H7Cl2N3. The van der Waals surface area contributed by atoms with Crippen molar-refractivity contribution in [1.82, 2.24) is 4.98 Å². The van der Waals surface area contributed by atoms with Crippen molar-refractivity contribution in [2.24, 2.45) is 5.73 Å². The highest BCUT2D eigenvalue weighted by Gasteiger charge is 2.07. The molecule has 68 valence electrons. The summed E-state index contributed by atoms with van der Waals surface area (Å²) in [6, 6.07) is 4.83. The average Bonchev–Trinajstić information content (AvgIpc) is 2.03. The van der Waals surface area contributed by atoms with Gasteiger partial charge in [-0.15, -0.1) is 0 Å². The number of hydrogen-bond acceptors (Lipinski definition) is 3. The molecule has 1 heterocycles. The van der Waals surface area contributed by atoms with E-state index in [2.05, 4.69) is 4.98 Å². The monoisotopic (exact) mass is 215 g/mol. The molecule has 0 aliphatic rings. The minimum atomic E-state index is -0.358. The van der Waals surface area contributed by atoms with E-state index in [9.17, 15) is 0 Å². The highest BCUT2D eigenvalue weighted by Crippen LogP contribution is 2.20. The van der Waals surface area contributed by atoms with Crippen LogP contribution in [-0.4, -0.2) is 4.98 Å². The van der Waals surface area contributed by atoms with Crippen LogP contribution in [0, 0.1) is 11.3 Å². The van der Waals surface area contributed by atoms with Crippen LogP contribution in [0.3, 0.4) is 0 Å². The molecule has 0 fully saturated rings. The van der Waals surface area contributed by atoms with Crippen molar-refractivity contribution in [3.8, 4) is 6.07 Å². The minimum absolute atomic E-state index is 0.233. The third kappa shape index (κ3) is 2.85. The van der Waals surface area contributed by atoms with E-state index in [1.807, 2.05) is 6.07 Å². The predicted octanol–water partition coefficient (Wildman–Crippen LogP) is 2.30. The fraction of sp³-hybridized carbons (Fsp3) is 0.250. The van der Waals surface area contributed by atoms with E-state index in [1.165, 1.54) is 0 Å². The van der Waals surface area contributed by atoms with Gasteiger partial charge >= 0.3 is 0 Å². The Balaban J connectivity index is 2.95. The summed E-state index contributed by atoms with van der Waals surface area (Å²) >= 11 is 11.3. The van der Waals surface area contributed by atoms with E-state index in [1.54, 1.807) is 12.1 Å². The Hall–Kier alpha value is -0.820. The SMILES string of the molecule is N#CC[C@@H](N)c1cc(Cl)nc(Cl)c1. The van der Waals surface area contributed by atoms with Crippen molar-refractivity contribution in [2.45, 2.75) is 12.5 Å². The number of nitriles is 1. The van der Waals surface area contributed by atoms with Gasteiger partial charge in [-0.3, -0.25) is 0 Å². The summed E-state index contributed by atoms with van der Waals surface area (Å²) in [6.45, 7) is 0. The molecule has 0 radical (unpaired) electrons. The third-order valence-electron chi connectivity index (χ3n) is 1.52. The first-order chi connectivity index (χ1) is 6.13. The lowest BCUT2D eigenvalue weighted by Gasteiger charge is -2.07. The van der Waals surface area contributed by atoms with Gasteiger partial charge in [0.2, 0.25) is 0 Å². The van der Waals surface area contributed by atoms with Crippen LogP contribution in [0.1, 0.15) is 18.0 Å². The molecule has 3 nitrogen and oxygen atoms in total. The molecule has 1 rings (SSSR count). The van der Waals surface area contributed by atoms with E-state index in [-0.39, 0.29) is 22.8 Å². The van der Waals surface area contributed by atoms with Gasteiger partial charge < -0.3 is 5.73 Å². The topological polar surface area (TPSA) is 62.7 Å². The second kappa shape index (κ2) is 4.43. The number of rotatable bonds is 2. The van der Waals surface area contributed by atoms with Gasteiger partial charge in [-0.1, -0.05) is 23.2 Å². The van der Waals surface area contributed by atoms with Gasteiger partial charge in [0.1, 0.15) is 10.3 Å². The van der Waals surface area contributed by atoms with Crippen LogP contribution in [-0.2, 0) is 0 Å². The smallest absolute Gasteiger partial charge is 0.131 e. The summed E-state index contributed by atoms with van der Waals surface area (Å²) in [4.78, 5) is 3.77. The van der Waals surface area contributed by atoms with Gasteiger partial charge in [-0.25, -0.2) is 4.98 Å². The molecule has 0 aromatic carbocycles. The van der Waals surface area contributed by atoms with Gasteiger partial charge in [0.05, 0.1) is 12.5 Å². The maximum Gasteiger partial charge on any atom is 0.131 e. The Morgan fingerprint density at radius 1 is 1.46 bits per heavy atom. The first-order valence-corrected chi connectivity index (χ1v) is 4.34. The summed E-state index contributed by atoms with van der Waals surface area (Å²) in [5.41, 5.74) is 6.40. The number of pyridine rings is 1. The van der Waals surface area contributed by atoms with Crippen molar-refractivity contribution in [1.29, 1.82) is 5.26 Å². The molecule has 1 aromatic heterocycles. The molecule has 0 saturated heterocycles. The molecule has 5 heteroatoms. The van der Waals surface area contributed by atoms with Crippen LogP contribution in [0.15, 0.2) is 12.1 Å². The Labute approximate surface area is 86.1 Å². The zero-order valence-electron chi connectivity index (χ0n) is 6.67. The van der Waals surface area contributed by atoms with E-state index >= 15 is 0 Å².